The van der Waals surface area contributed by atoms with Gasteiger partial charge in [-0.3, -0.25) is 0 Å². The zero-order chi connectivity index (χ0) is 15.2. The van der Waals surface area contributed by atoms with Crippen LogP contribution in [0.4, 0.5) is 5.69 Å². The van der Waals surface area contributed by atoms with Crippen molar-refractivity contribution in [2.24, 2.45) is 0 Å². The minimum atomic E-state index is 0.593. The highest BCUT2D eigenvalue weighted by Crippen LogP contribution is 2.47. The van der Waals surface area contributed by atoms with Crippen molar-refractivity contribution in [1.82, 2.24) is 5.32 Å². The summed E-state index contributed by atoms with van der Waals surface area (Å²) in [6.07, 6.45) is 2.44. The molecule has 1 aromatic heterocycles. The lowest BCUT2D eigenvalue weighted by molar-refractivity contribution is 0.579. The fourth-order valence-electron chi connectivity index (χ4n) is 4.18. The molecule has 0 spiro atoms. The first-order chi connectivity index (χ1) is 11.4. The predicted molar refractivity (Wildman–Crippen MR) is 99.5 cm³/mol. The summed E-state index contributed by atoms with van der Waals surface area (Å²) < 4.78 is 1.38. The Kier molecular flexibility index (Phi) is 3.17. The maximum Gasteiger partial charge on any atom is 0.0385 e. The third-order valence-corrected chi connectivity index (χ3v) is 6.41. The van der Waals surface area contributed by atoms with Gasteiger partial charge in [-0.15, -0.1) is 11.3 Å². The Morgan fingerprint density at radius 2 is 1.87 bits per heavy atom. The van der Waals surface area contributed by atoms with Gasteiger partial charge in [-0.25, -0.2) is 0 Å². The van der Waals surface area contributed by atoms with E-state index in [1.54, 1.807) is 5.56 Å². The second-order valence-electron chi connectivity index (χ2n) is 6.60. The van der Waals surface area contributed by atoms with Crippen LogP contribution in [0.15, 0.2) is 48.5 Å². The Labute approximate surface area is 140 Å². The molecule has 1 saturated heterocycles. The van der Waals surface area contributed by atoms with E-state index in [1.807, 2.05) is 11.3 Å². The largest absolute Gasteiger partial charge is 0.381 e. The molecule has 1 fully saturated rings. The van der Waals surface area contributed by atoms with Crippen molar-refractivity contribution in [3.05, 3.63) is 54.1 Å². The monoisotopic (exact) mass is 320 g/mol. The molecule has 2 N–H and O–H groups in total. The summed E-state index contributed by atoms with van der Waals surface area (Å²) in [7, 11) is 0. The van der Waals surface area contributed by atoms with Crippen molar-refractivity contribution < 1.29 is 0 Å². The summed E-state index contributed by atoms with van der Waals surface area (Å²) >= 11 is 1.92. The molecular formula is C20H20N2S. The molecule has 3 heteroatoms. The molecule has 2 aliphatic heterocycles. The number of fused-ring (bicyclic) bond motifs is 4. The Hall–Kier alpha value is -1.84. The van der Waals surface area contributed by atoms with Crippen LogP contribution in [-0.4, -0.2) is 19.1 Å². The predicted octanol–water partition coefficient (Wildman–Crippen LogP) is 4.83. The van der Waals surface area contributed by atoms with E-state index in [0.29, 0.717) is 12.0 Å². The molecule has 0 bridgehead atoms. The maximum absolute atomic E-state index is 3.78. The quantitative estimate of drug-likeness (QED) is 0.671. The average molecular weight is 320 g/mol. The van der Waals surface area contributed by atoms with Crippen LogP contribution in [0.25, 0.3) is 20.5 Å². The van der Waals surface area contributed by atoms with E-state index in [4.69, 9.17) is 0 Å². The van der Waals surface area contributed by atoms with Gasteiger partial charge in [0.2, 0.25) is 0 Å². The van der Waals surface area contributed by atoms with E-state index >= 15 is 0 Å². The molecule has 0 radical (unpaired) electrons. The van der Waals surface area contributed by atoms with Crippen LogP contribution >= 0.6 is 11.3 Å². The minimum Gasteiger partial charge on any atom is -0.381 e. The van der Waals surface area contributed by atoms with Gasteiger partial charge in [-0.05, 0) is 60.6 Å². The van der Waals surface area contributed by atoms with Crippen molar-refractivity contribution in [2.75, 3.05) is 18.4 Å². The molecule has 2 aliphatic rings. The van der Waals surface area contributed by atoms with Gasteiger partial charge in [-0.2, -0.15) is 0 Å². The molecule has 5 rings (SSSR count). The van der Waals surface area contributed by atoms with E-state index in [9.17, 15) is 0 Å². The molecule has 116 valence electrons. The van der Waals surface area contributed by atoms with Gasteiger partial charge in [-0.1, -0.05) is 30.3 Å². The van der Waals surface area contributed by atoms with Crippen LogP contribution < -0.4 is 10.6 Å². The summed E-state index contributed by atoms with van der Waals surface area (Å²) in [5.74, 6) is 0.640. The molecule has 3 aromatic rings. The standard InChI is InChI=1S/C20H20N2S/c1-2-7-18-13(4-1)12-19(23-18)15-5-3-6-17-20(15)14-8-10-21-11-9-16(14)22-17/h1-7,12,14,16,21-22H,8-11H2. The SMILES string of the molecule is c1cc2c(c(-c3cc4ccccc4s3)c1)C1CCNCCC1N2. The number of hydrogen-bond donors (Lipinski definition) is 2. The first-order valence-electron chi connectivity index (χ1n) is 8.49. The average Bonchev–Trinajstić information content (AvgIpc) is 3.09. The zero-order valence-electron chi connectivity index (χ0n) is 13.0. The smallest absolute Gasteiger partial charge is 0.0385 e. The van der Waals surface area contributed by atoms with Crippen LogP contribution in [0.2, 0.25) is 0 Å². The molecule has 0 amide bonds. The first kappa shape index (κ1) is 13.6. The normalized spacial score (nSPS) is 23.1. The number of hydrogen-bond acceptors (Lipinski definition) is 3. The molecule has 23 heavy (non-hydrogen) atoms. The van der Waals surface area contributed by atoms with Crippen LogP contribution in [0.1, 0.15) is 24.3 Å². The molecule has 2 unspecified atom stereocenters. The summed E-state index contributed by atoms with van der Waals surface area (Å²) in [6, 6.07) is 18.4. The minimum absolute atomic E-state index is 0.593. The van der Waals surface area contributed by atoms with Crippen molar-refractivity contribution in [3.8, 4) is 10.4 Å². The summed E-state index contributed by atoms with van der Waals surface area (Å²) in [5, 5.41) is 8.69. The second kappa shape index (κ2) is 5.36. The Balaban J connectivity index is 1.66. The Bertz CT molecular complexity index is 834. The number of benzene rings is 2. The van der Waals surface area contributed by atoms with Gasteiger partial charge in [0.05, 0.1) is 0 Å². The molecule has 0 saturated carbocycles. The summed E-state index contributed by atoms with van der Waals surface area (Å²) in [4.78, 5) is 1.41. The number of rotatable bonds is 1. The van der Waals surface area contributed by atoms with Gasteiger partial charge in [0.15, 0.2) is 0 Å². The fraction of sp³-hybridized carbons (Fsp3) is 0.300. The lowest BCUT2D eigenvalue weighted by Gasteiger charge is -2.17. The van der Waals surface area contributed by atoms with Gasteiger partial charge in [0, 0.05) is 27.2 Å². The Morgan fingerprint density at radius 1 is 0.957 bits per heavy atom. The van der Waals surface area contributed by atoms with Crippen molar-refractivity contribution in [3.63, 3.8) is 0 Å². The van der Waals surface area contributed by atoms with Gasteiger partial charge in [0.1, 0.15) is 0 Å². The van der Waals surface area contributed by atoms with Crippen LogP contribution in [0.5, 0.6) is 0 Å². The van der Waals surface area contributed by atoms with Crippen molar-refractivity contribution in [1.29, 1.82) is 0 Å². The zero-order valence-corrected chi connectivity index (χ0v) is 13.8. The highest BCUT2D eigenvalue weighted by atomic mass is 32.1. The second-order valence-corrected chi connectivity index (χ2v) is 7.68. The highest BCUT2D eigenvalue weighted by Gasteiger charge is 2.34. The van der Waals surface area contributed by atoms with E-state index in [0.717, 1.165) is 13.1 Å². The van der Waals surface area contributed by atoms with E-state index in [2.05, 4.69) is 59.2 Å². The van der Waals surface area contributed by atoms with E-state index in [1.165, 1.54) is 39.1 Å². The van der Waals surface area contributed by atoms with Crippen LogP contribution in [0, 0.1) is 0 Å². The van der Waals surface area contributed by atoms with Gasteiger partial charge >= 0.3 is 0 Å². The topological polar surface area (TPSA) is 24.1 Å². The summed E-state index contributed by atoms with van der Waals surface area (Å²) in [5.41, 5.74) is 4.34. The molecular weight excluding hydrogens is 300 g/mol. The molecule has 2 aromatic carbocycles. The first-order valence-corrected chi connectivity index (χ1v) is 9.31. The Morgan fingerprint density at radius 3 is 2.83 bits per heavy atom. The summed E-state index contributed by atoms with van der Waals surface area (Å²) in [6.45, 7) is 2.25. The van der Waals surface area contributed by atoms with Crippen LogP contribution in [-0.2, 0) is 0 Å². The lowest BCUT2D eigenvalue weighted by atomic mass is 9.87. The number of nitrogens with one attached hydrogen (secondary N) is 2. The van der Waals surface area contributed by atoms with Gasteiger partial charge in [0.25, 0.3) is 0 Å². The van der Waals surface area contributed by atoms with E-state index < -0.39 is 0 Å². The van der Waals surface area contributed by atoms with E-state index in [-0.39, 0.29) is 0 Å². The van der Waals surface area contributed by atoms with Gasteiger partial charge < -0.3 is 10.6 Å². The van der Waals surface area contributed by atoms with Crippen molar-refractivity contribution >= 4 is 27.1 Å². The number of thiophene rings is 1. The van der Waals surface area contributed by atoms with Crippen LogP contribution in [0.3, 0.4) is 0 Å². The highest BCUT2D eigenvalue weighted by molar-refractivity contribution is 7.22. The molecule has 2 atom stereocenters. The molecule has 2 nitrogen and oxygen atoms in total. The lowest BCUT2D eigenvalue weighted by Crippen LogP contribution is -2.21. The fourth-order valence-corrected chi connectivity index (χ4v) is 5.28. The molecule has 3 heterocycles. The maximum atomic E-state index is 3.78. The third-order valence-electron chi connectivity index (χ3n) is 5.26. The molecule has 0 aliphatic carbocycles. The third kappa shape index (κ3) is 2.19. The van der Waals surface area contributed by atoms with Crippen molar-refractivity contribution in [2.45, 2.75) is 24.8 Å². The number of anilines is 1.